The standard InChI is InChI=1S/C18H28N2O3S/c1-18(2)7-4-8-19(15-18)14-16-5-3-6-17(13-16)24(21,22)20-9-11-23-12-10-20/h3,5-6,13H,4,7-12,14-15H2,1-2H3. The highest BCUT2D eigenvalue weighted by Gasteiger charge is 2.28. The van der Waals surface area contributed by atoms with Gasteiger partial charge in [-0.3, -0.25) is 4.90 Å². The number of rotatable bonds is 4. The van der Waals surface area contributed by atoms with Gasteiger partial charge in [0.25, 0.3) is 0 Å². The van der Waals surface area contributed by atoms with Crippen molar-refractivity contribution >= 4 is 10.0 Å². The number of hydrogen-bond acceptors (Lipinski definition) is 4. The van der Waals surface area contributed by atoms with Crippen molar-refractivity contribution in [2.75, 3.05) is 39.4 Å². The lowest BCUT2D eigenvalue weighted by atomic mass is 9.84. The highest BCUT2D eigenvalue weighted by atomic mass is 32.2. The van der Waals surface area contributed by atoms with Crippen LogP contribution in [0.3, 0.4) is 0 Å². The van der Waals surface area contributed by atoms with Crippen molar-refractivity contribution in [1.29, 1.82) is 0 Å². The van der Waals surface area contributed by atoms with E-state index in [1.54, 1.807) is 6.07 Å². The lowest BCUT2D eigenvalue weighted by molar-refractivity contribution is 0.0730. The average molecular weight is 353 g/mol. The first-order chi connectivity index (χ1) is 11.4. The maximum absolute atomic E-state index is 12.8. The molecule has 0 amide bonds. The Hall–Kier alpha value is -0.950. The van der Waals surface area contributed by atoms with Crippen LogP contribution in [-0.4, -0.2) is 57.0 Å². The summed E-state index contributed by atoms with van der Waals surface area (Å²) in [7, 11) is -3.41. The van der Waals surface area contributed by atoms with E-state index in [4.69, 9.17) is 4.74 Å². The summed E-state index contributed by atoms with van der Waals surface area (Å²) in [5.41, 5.74) is 1.41. The van der Waals surface area contributed by atoms with Crippen LogP contribution in [0.1, 0.15) is 32.3 Å². The molecule has 24 heavy (non-hydrogen) atoms. The van der Waals surface area contributed by atoms with Crippen molar-refractivity contribution in [3.8, 4) is 0 Å². The Kier molecular flexibility index (Phi) is 5.30. The predicted octanol–water partition coefficient (Wildman–Crippen LogP) is 2.33. The van der Waals surface area contributed by atoms with Crippen molar-refractivity contribution in [2.45, 2.75) is 38.1 Å². The number of ether oxygens (including phenoxy) is 1. The third-order valence-electron chi connectivity index (χ3n) is 4.89. The van der Waals surface area contributed by atoms with Gasteiger partial charge in [-0.2, -0.15) is 4.31 Å². The van der Waals surface area contributed by atoms with E-state index in [0.29, 0.717) is 36.6 Å². The van der Waals surface area contributed by atoms with Gasteiger partial charge >= 0.3 is 0 Å². The van der Waals surface area contributed by atoms with E-state index in [2.05, 4.69) is 18.7 Å². The minimum atomic E-state index is -3.41. The maximum atomic E-state index is 12.8. The number of benzene rings is 1. The second-order valence-corrected chi connectivity index (χ2v) is 9.58. The molecule has 1 aromatic rings. The lowest BCUT2D eigenvalue weighted by Gasteiger charge is -2.38. The molecule has 2 aliphatic heterocycles. The quantitative estimate of drug-likeness (QED) is 0.834. The van der Waals surface area contributed by atoms with Crippen molar-refractivity contribution in [2.24, 2.45) is 5.41 Å². The number of hydrogen-bond donors (Lipinski definition) is 0. The van der Waals surface area contributed by atoms with E-state index in [9.17, 15) is 8.42 Å². The van der Waals surface area contributed by atoms with Crippen LogP contribution in [-0.2, 0) is 21.3 Å². The fourth-order valence-electron chi connectivity index (χ4n) is 3.68. The summed E-state index contributed by atoms with van der Waals surface area (Å²) in [5, 5.41) is 0. The minimum absolute atomic E-state index is 0.343. The number of sulfonamides is 1. The molecule has 5 nitrogen and oxygen atoms in total. The number of morpholine rings is 1. The Balaban J connectivity index is 1.74. The molecule has 2 fully saturated rings. The first kappa shape index (κ1) is 17.9. The van der Waals surface area contributed by atoms with E-state index in [1.807, 2.05) is 18.2 Å². The monoisotopic (exact) mass is 352 g/mol. The van der Waals surface area contributed by atoms with E-state index in [-0.39, 0.29) is 0 Å². The predicted molar refractivity (Wildman–Crippen MR) is 94.3 cm³/mol. The van der Waals surface area contributed by atoms with Gasteiger partial charge in [0.15, 0.2) is 0 Å². The molecule has 0 aromatic heterocycles. The van der Waals surface area contributed by atoms with Crippen molar-refractivity contribution < 1.29 is 13.2 Å². The molecule has 2 heterocycles. The molecule has 0 spiro atoms. The van der Waals surface area contributed by atoms with E-state index in [1.165, 1.54) is 17.1 Å². The first-order valence-electron chi connectivity index (χ1n) is 8.76. The summed E-state index contributed by atoms with van der Waals surface area (Å²) in [6.45, 7) is 9.40. The van der Waals surface area contributed by atoms with Crippen LogP contribution in [0.2, 0.25) is 0 Å². The molecule has 3 rings (SSSR count). The SMILES string of the molecule is CC1(C)CCCN(Cc2cccc(S(=O)(=O)N3CCOCC3)c2)C1. The maximum Gasteiger partial charge on any atom is 0.243 e. The highest BCUT2D eigenvalue weighted by Crippen LogP contribution is 2.29. The summed E-state index contributed by atoms with van der Waals surface area (Å²) in [6.07, 6.45) is 2.47. The number of likely N-dealkylation sites (tertiary alicyclic amines) is 1. The Bertz CT molecular complexity index is 667. The third kappa shape index (κ3) is 4.17. The Morgan fingerprint density at radius 2 is 1.92 bits per heavy atom. The Labute approximate surface area is 145 Å². The molecule has 0 atom stereocenters. The Morgan fingerprint density at radius 3 is 2.62 bits per heavy atom. The Morgan fingerprint density at radius 1 is 1.17 bits per heavy atom. The average Bonchev–Trinajstić information content (AvgIpc) is 2.55. The largest absolute Gasteiger partial charge is 0.379 e. The molecule has 134 valence electrons. The van der Waals surface area contributed by atoms with Crippen LogP contribution in [0.15, 0.2) is 29.2 Å². The van der Waals surface area contributed by atoms with Crippen LogP contribution in [0.5, 0.6) is 0 Å². The van der Waals surface area contributed by atoms with Gasteiger partial charge in [0.1, 0.15) is 0 Å². The molecular weight excluding hydrogens is 324 g/mol. The fraction of sp³-hybridized carbons (Fsp3) is 0.667. The zero-order valence-electron chi connectivity index (χ0n) is 14.7. The van der Waals surface area contributed by atoms with Gasteiger partial charge in [0, 0.05) is 26.2 Å². The molecule has 0 radical (unpaired) electrons. The third-order valence-corrected chi connectivity index (χ3v) is 6.79. The van der Waals surface area contributed by atoms with Gasteiger partial charge in [-0.05, 0) is 42.5 Å². The summed E-state index contributed by atoms with van der Waals surface area (Å²) in [6, 6.07) is 7.43. The normalized spacial score (nSPS) is 23.2. The van der Waals surface area contributed by atoms with E-state index < -0.39 is 10.0 Å². The first-order valence-corrected chi connectivity index (χ1v) is 10.2. The van der Waals surface area contributed by atoms with Crippen LogP contribution < -0.4 is 0 Å². The van der Waals surface area contributed by atoms with Crippen LogP contribution in [0.4, 0.5) is 0 Å². The van der Waals surface area contributed by atoms with Gasteiger partial charge in [-0.25, -0.2) is 8.42 Å². The minimum Gasteiger partial charge on any atom is -0.379 e. The van der Waals surface area contributed by atoms with Crippen molar-refractivity contribution in [1.82, 2.24) is 9.21 Å². The topological polar surface area (TPSA) is 49.9 Å². The second-order valence-electron chi connectivity index (χ2n) is 7.64. The molecule has 1 aromatic carbocycles. The summed E-state index contributed by atoms with van der Waals surface area (Å²) < 4.78 is 32.4. The molecule has 2 saturated heterocycles. The molecule has 0 bridgehead atoms. The van der Waals surface area contributed by atoms with Crippen LogP contribution in [0, 0.1) is 5.41 Å². The molecule has 2 aliphatic rings. The molecule has 0 N–H and O–H groups in total. The fourth-order valence-corrected chi connectivity index (χ4v) is 5.16. The summed E-state index contributed by atoms with van der Waals surface area (Å²) >= 11 is 0. The smallest absolute Gasteiger partial charge is 0.243 e. The summed E-state index contributed by atoms with van der Waals surface area (Å²) in [4.78, 5) is 2.84. The van der Waals surface area contributed by atoms with Gasteiger partial charge in [0.05, 0.1) is 18.1 Å². The molecule has 0 aliphatic carbocycles. The zero-order chi connectivity index (χ0) is 17.2. The van der Waals surface area contributed by atoms with Crippen molar-refractivity contribution in [3.63, 3.8) is 0 Å². The van der Waals surface area contributed by atoms with Gasteiger partial charge in [-0.1, -0.05) is 26.0 Å². The van der Waals surface area contributed by atoms with Gasteiger partial charge in [0.2, 0.25) is 10.0 Å². The van der Waals surface area contributed by atoms with Crippen LogP contribution >= 0.6 is 0 Å². The highest BCUT2D eigenvalue weighted by molar-refractivity contribution is 7.89. The van der Waals surface area contributed by atoms with E-state index >= 15 is 0 Å². The van der Waals surface area contributed by atoms with E-state index in [0.717, 1.165) is 25.2 Å². The number of nitrogens with zero attached hydrogens (tertiary/aromatic N) is 2. The molecule has 6 heteroatoms. The lowest BCUT2D eigenvalue weighted by Crippen LogP contribution is -2.41. The van der Waals surface area contributed by atoms with Crippen molar-refractivity contribution in [3.05, 3.63) is 29.8 Å². The second kappa shape index (κ2) is 7.12. The van der Waals surface area contributed by atoms with Gasteiger partial charge < -0.3 is 4.74 Å². The molecular formula is C18H28N2O3S. The van der Waals surface area contributed by atoms with Crippen LogP contribution in [0.25, 0.3) is 0 Å². The molecule has 0 unspecified atom stereocenters. The molecule has 0 saturated carbocycles. The summed E-state index contributed by atoms with van der Waals surface area (Å²) in [5.74, 6) is 0. The number of piperidine rings is 1. The zero-order valence-corrected chi connectivity index (χ0v) is 15.5. The van der Waals surface area contributed by atoms with Gasteiger partial charge in [-0.15, -0.1) is 0 Å².